The summed E-state index contributed by atoms with van der Waals surface area (Å²) >= 11 is 6.06. The monoisotopic (exact) mass is 275 g/mol. The van der Waals surface area contributed by atoms with Crippen LogP contribution in [-0.4, -0.2) is 23.1 Å². The highest BCUT2D eigenvalue weighted by Gasteiger charge is 2.18. The molecule has 1 atom stereocenters. The topological polar surface area (TPSA) is 29.0 Å². The molecule has 0 N–H and O–H groups in total. The van der Waals surface area contributed by atoms with Gasteiger partial charge in [-0.15, -0.1) is 0 Å². The molecule has 0 saturated carbocycles. The zero-order valence-electron chi connectivity index (χ0n) is 11.1. The van der Waals surface area contributed by atoms with E-state index in [9.17, 15) is 0 Å². The molecule has 1 fully saturated rings. The Hall–Kier alpha value is -1.35. The molecule has 0 radical (unpaired) electrons. The van der Waals surface area contributed by atoms with Gasteiger partial charge >= 0.3 is 0 Å². The molecule has 0 bridgehead atoms. The van der Waals surface area contributed by atoms with Crippen molar-refractivity contribution in [2.45, 2.75) is 26.2 Å². The molecule has 1 aromatic heterocycles. The summed E-state index contributed by atoms with van der Waals surface area (Å²) in [6.45, 7) is 4.44. The maximum Gasteiger partial charge on any atom is 0.224 e. The van der Waals surface area contributed by atoms with Gasteiger partial charge in [-0.25, -0.2) is 4.98 Å². The van der Waals surface area contributed by atoms with Gasteiger partial charge in [-0.05, 0) is 48.9 Å². The predicted molar refractivity (Wildman–Crippen MR) is 79.8 cm³/mol. The lowest BCUT2D eigenvalue weighted by atomic mass is 10.0. The second kappa shape index (κ2) is 5.33. The van der Waals surface area contributed by atoms with Crippen molar-refractivity contribution in [3.05, 3.63) is 29.5 Å². The second-order valence-corrected chi connectivity index (χ2v) is 5.69. The molecule has 2 aromatic rings. The van der Waals surface area contributed by atoms with Crippen LogP contribution in [0.4, 0.5) is 5.82 Å². The first-order valence-corrected chi connectivity index (χ1v) is 7.29. The fourth-order valence-corrected chi connectivity index (χ4v) is 2.92. The number of nitrogens with zero attached hydrogens (tertiary/aromatic N) is 3. The Morgan fingerprint density at radius 1 is 1.16 bits per heavy atom. The van der Waals surface area contributed by atoms with Crippen molar-refractivity contribution in [1.29, 1.82) is 0 Å². The van der Waals surface area contributed by atoms with Gasteiger partial charge in [-0.1, -0.05) is 19.1 Å². The van der Waals surface area contributed by atoms with Crippen LogP contribution >= 0.6 is 11.6 Å². The number of para-hydroxylation sites is 1. The van der Waals surface area contributed by atoms with Crippen molar-refractivity contribution in [3.63, 3.8) is 0 Å². The van der Waals surface area contributed by atoms with Crippen LogP contribution in [0.1, 0.15) is 26.2 Å². The summed E-state index contributed by atoms with van der Waals surface area (Å²) in [5.74, 6) is 1.79. The van der Waals surface area contributed by atoms with Crippen molar-refractivity contribution >= 4 is 28.3 Å². The number of hydrogen-bond donors (Lipinski definition) is 0. The van der Waals surface area contributed by atoms with Crippen LogP contribution in [0, 0.1) is 5.92 Å². The molecule has 0 amide bonds. The molecule has 2 heterocycles. The van der Waals surface area contributed by atoms with E-state index in [0.29, 0.717) is 5.28 Å². The fourth-order valence-electron chi connectivity index (χ4n) is 2.75. The zero-order chi connectivity index (χ0) is 13.2. The molecule has 1 unspecified atom stereocenters. The molecule has 100 valence electrons. The molecule has 0 aliphatic carbocycles. The van der Waals surface area contributed by atoms with Crippen LogP contribution in [0.3, 0.4) is 0 Å². The number of benzene rings is 1. The maximum absolute atomic E-state index is 6.06. The molecule has 4 heteroatoms. The summed E-state index contributed by atoms with van der Waals surface area (Å²) in [5, 5.41) is 1.44. The minimum Gasteiger partial charge on any atom is -0.356 e. The van der Waals surface area contributed by atoms with E-state index in [0.717, 1.165) is 35.7 Å². The van der Waals surface area contributed by atoms with Crippen LogP contribution in [0.25, 0.3) is 10.9 Å². The van der Waals surface area contributed by atoms with Gasteiger partial charge in [0.25, 0.3) is 0 Å². The molecule has 3 rings (SSSR count). The zero-order valence-corrected chi connectivity index (χ0v) is 11.9. The number of fused-ring (bicyclic) bond motifs is 1. The average molecular weight is 276 g/mol. The van der Waals surface area contributed by atoms with Crippen molar-refractivity contribution in [2.75, 3.05) is 18.0 Å². The number of anilines is 1. The van der Waals surface area contributed by atoms with E-state index in [4.69, 9.17) is 11.6 Å². The Bertz CT molecular complexity index is 585. The fraction of sp³-hybridized carbons (Fsp3) is 0.467. The Morgan fingerprint density at radius 2 is 2.00 bits per heavy atom. The van der Waals surface area contributed by atoms with E-state index >= 15 is 0 Å². The smallest absolute Gasteiger partial charge is 0.224 e. The van der Waals surface area contributed by atoms with Gasteiger partial charge in [0, 0.05) is 18.5 Å². The first-order chi connectivity index (χ1) is 9.24. The summed E-state index contributed by atoms with van der Waals surface area (Å²) in [6.07, 6.45) is 3.74. The number of rotatable bonds is 1. The molecule has 0 spiro atoms. The lowest BCUT2D eigenvalue weighted by molar-refractivity contribution is 0.521. The predicted octanol–water partition coefficient (Wildman–Crippen LogP) is 3.91. The molecule has 1 aliphatic heterocycles. The summed E-state index contributed by atoms with van der Waals surface area (Å²) < 4.78 is 0. The standard InChI is InChI=1S/C15H18ClN3/c1-11-5-4-9-19(10-8-11)14-12-6-2-3-7-13(12)17-15(16)18-14/h2-3,6-7,11H,4-5,8-10H2,1H3. The van der Waals surface area contributed by atoms with Crippen LogP contribution in [0.5, 0.6) is 0 Å². The van der Waals surface area contributed by atoms with Gasteiger partial charge < -0.3 is 4.90 Å². The van der Waals surface area contributed by atoms with Gasteiger partial charge in [0.05, 0.1) is 5.52 Å². The van der Waals surface area contributed by atoms with Gasteiger partial charge in [-0.2, -0.15) is 4.98 Å². The third-order valence-electron chi connectivity index (χ3n) is 3.87. The van der Waals surface area contributed by atoms with Crippen molar-refractivity contribution in [1.82, 2.24) is 9.97 Å². The van der Waals surface area contributed by atoms with Crippen molar-refractivity contribution in [3.8, 4) is 0 Å². The van der Waals surface area contributed by atoms with Gasteiger partial charge in [-0.3, -0.25) is 0 Å². The first-order valence-electron chi connectivity index (χ1n) is 6.91. The number of hydrogen-bond acceptors (Lipinski definition) is 3. The van der Waals surface area contributed by atoms with Crippen LogP contribution in [0.2, 0.25) is 5.28 Å². The van der Waals surface area contributed by atoms with Crippen LogP contribution < -0.4 is 4.90 Å². The normalized spacial score (nSPS) is 20.5. The third-order valence-corrected chi connectivity index (χ3v) is 4.04. The highest BCUT2D eigenvalue weighted by atomic mass is 35.5. The minimum absolute atomic E-state index is 0.339. The average Bonchev–Trinajstić information content (AvgIpc) is 2.62. The number of halogens is 1. The van der Waals surface area contributed by atoms with E-state index in [1.807, 2.05) is 18.2 Å². The van der Waals surface area contributed by atoms with E-state index in [1.54, 1.807) is 0 Å². The van der Waals surface area contributed by atoms with E-state index in [-0.39, 0.29) is 0 Å². The molecule has 19 heavy (non-hydrogen) atoms. The Morgan fingerprint density at radius 3 is 2.89 bits per heavy atom. The van der Waals surface area contributed by atoms with Gasteiger partial charge in [0.15, 0.2) is 0 Å². The molecular weight excluding hydrogens is 258 g/mol. The Labute approximate surface area is 118 Å². The van der Waals surface area contributed by atoms with E-state index < -0.39 is 0 Å². The minimum atomic E-state index is 0.339. The van der Waals surface area contributed by atoms with Crippen LogP contribution in [-0.2, 0) is 0 Å². The summed E-state index contributed by atoms with van der Waals surface area (Å²) in [6, 6.07) is 8.09. The highest BCUT2D eigenvalue weighted by Crippen LogP contribution is 2.28. The summed E-state index contributed by atoms with van der Waals surface area (Å²) in [5.41, 5.74) is 0.926. The lowest BCUT2D eigenvalue weighted by Gasteiger charge is -2.23. The van der Waals surface area contributed by atoms with Gasteiger partial charge in [0.1, 0.15) is 5.82 Å². The Balaban J connectivity index is 2.03. The second-order valence-electron chi connectivity index (χ2n) is 5.36. The van der Waals surface area contributed by atoms with Gasteiger partial charge in [0.2, 0.25) is 5.28 Å². The molecule has 3 nitrogen and oxygen atoms in total. The highest BCUT2D eigenvalue weighted by molar-refractivity contribution is 6.28. The molecule has 1 aromatic carbocycles. The summed E-state index contributed by atoms with van der Waals surface area (Å²) in [7, 11) is 0. The largest absolute Gasteiger partial charge is 0.356 e. The molecular formula is C15H18ClN3. The maximum atomic E-state index is 6.06. The lowest BCUT2D eigenvalue weighted by Crippen LogP contribution is -2.25. The Kier molecular flexibility index (Phi) is 3.56. The van der Waals surface area contributed by atoms with Crippen molar-refractivity contribution < 1.29 is 0 Å². The first kappa shape index (κ1) is 12.7. The van der Waals surface area contributed by atoms with E-state index in [1.165, 1.54) is 19.3 Å². The third kappa shape index (κ3) is 2.66. The van der Waals surface area contributed by atoms with Crippen molar-refractivity contribution in [2.24, 2.45) is 5.92 Å². The summed E-state index contributed by atoms with van der Waals surface area (Å²) in [4.78, 5) is 11.1. The quantitative estimate of drug-likeness (QED) is 0.739. The van der Waals surface area contributed by atoms with E-state index in [2.05, 4.69) is 27.9 Å². The molecule has 1 saturated heterocycles. The van der Waals surface area contributed by atoms with Crippen LogP contribution in [0.15, 0.2) is 24.3 Å². The molecule has 1 aliphatic rings. The SMILES string of the molecule is CC1CCCN(c2nc(Cl)nc3ccccc23)CC1. The number of aromatic nitrogens is 2.